The van der Waals surface area contributed by atoms with Gasteiger partial charge in [-0.3, -0.25) is 4.98 Å². The predicted molar refractivity (Wildman–Crippen MR) is 76.0 cm³/mol. The van der Waals surface area contributed by atoms with Crippen LogP contribution >= 0.6 is 0 Å². The first kappa shape index (κ1) is 13.8. The van der Waals surface area contributed by atoms with E-state index in [1.165, 1.54) is 13.3 Å². The number of aromatic nitrogens is 1. The molecular weight excluding hydrogens is 256 g/mol. The van der Waals surface area contributed by atoms with Gasteiger partial charge in [-0.1, -0.05) is 25.0 Å². The third-order valence-corrected chi connectivity index (χ3v) is 3.08. The van der Waals surface area contributed by atoms with Crippen LogP contribution in [0.25, 0.3) is 21.3 Å². The van der Waals surface area contributed by atoms with Crippen LogP contribution in [-0.4, -0.2) is 18.1 Å². The van der Waals surface area contributed by atoms with E-state index >= 15 is 0 Å². The predicted octanol–water partition coefficient (Wildman–Crippen LogP) is 4.09. The van der Waals surface area contributed by atoms with Crippen LogP contribution in [0.3, 0.4) is 0 Å². The minimum absolute atomic E-state index is 0.165. The Labute approximate surface area is 116 Å². The molecule has 0 saturated carbocycles. The third kappa shape index (κ3) is 2.41. The summed E-state index contributed by atoms with van der Waals surface area (Å²) >= 11 is 0. The number of pyridine rings is 1. The van der Waals surface area contributed by atoms with Crippen LogP contribution in [-0.2, 0) is 4.74 Å². The van der Waals surface area contributed by atoms with Crippen molar-refractivity contribution in [2.45, 2.75) is 19.8 Å². The standard InChI is InChI=1S/C14H14N4O2/c1-8(2)9-4-5-12-10(6-9)13(17-18-15)11(7-16-12)14(19)20-3/h4-8H,1-3H3. The van der Waals surface area contributed by atoms with Crippen molar-refractivity contribution >= 4 is 22.6 Å². The van der Waals surface area contributed by atoms with E-state index in [9.17, 15) is 4.79 Å². The van der Waals surface area contributed by atoms with E-state index in [1.807, 2.05) is 18.2 Å². The van der Waals surface area contributed by atoms with Gasteiger partial charge in [-0.25, -0.2) is 4.79 Å². The molecule has 6 nitrogen and oxygen atoms in total. The van der Waals surface area contributed by atoms with Crippen LogP contribution in [0.15, 0.2) is 29.5 Å². The zero-order chi connectivity index (χ0) is 14.7. The van der Waals surface area contributed by atoms with Gasteiger partial charge in [0.1, 0.15) is 0 Å². The fraction of sp³-hybridized carbons (Fsp3) is 0.286. The molecule has 1 aromatic carbocycles. The maximum Gasteiger partial charge on any atom is 0.339 e. The highest BCUT2D eigenvalue weighted by molar-refractivity contribution is 6.03. The van der Waals surface area contributed by atoms with Gasteiger partial charge in [-0.15, -0.1) is 0 Å². The van der Waals surface area contributed by atoms with Gasteiger partial charge >= 0.3 is 5.97 Å². The maximum absolute atomic E-state index is 11.7. The van der Waals surface area contributed by atoms with Crippen LogP contribution < -0.4 is 0 Å². The highest BCUT2D eigenvalue weighted by Crippen LogP contribution is 2.31. The molecule has 0 amide bonds. The Morgan fingerprint density at radius 3 is 2.80 bits per heavy atom. The summed E-state index contributed by atoms with van der Waals surface area (Å²) in [4.78, 5) is 18.7. The van der Waals surface area contributed by atoms with Gasteiger partial charge in [0.05, 0.1) is 23.9 Å². The van der Waals surface area contributed by atoms with Gasteiger partial charge in [-0.05, 0) is 29.1 Å². The minimum Gasteiger partial charge on any atom is -0.465 e. The molecule has 1 aromatic heterocycles. The first-order chi connectivity index (χ1) is 9.58. The number of azide groups is 1. The van der Waals surface area contributed by atoms with Gasteiger partial charge in [0, 0.05) is 16.5 Å². The van der Waals surface area contributed by atoms with Gasteiger partial charge in [0.15, 0.2) is 0 Å². The number of carbonyl (C=O) groups excluding carboxylic acids is 1. The maximum atomic E-state index is 11.7. The largest absolute Gasteiger partial charge is 0.465 e. The van der Waals surface area contributed by atoms with E-state index in [0.717, 1.165) is 5.56 Å². The lowest BCUT2D eigenvalue weighted by Gasteiger charge is -2.10. The van der Waals surface area contributed by atoms with Crippen molar-refractivity contribution in [1.82, 2.24) is 4.98 Å². The molecule has 20 heavy (non-hydrogen) atoms. The Morgan fingerprint density at radius 1 is 1.45 bits per heavy atom. The van der Waals surface area contributed by atoms with Crippen molar-refractivity contribution in [1.29, 1.82) is 0 Å². The number of ether oxygens (including phenoxy) is 1. The summed E-state index contributed by atoms with van der Waals surface area (Å²) in [5, 5.41) is 4.29. The van der Waals surface area contributed by atoms with Crippen LogP contribution in [0.4, 0.5) is 5.69 Å². The van der Waals surface area contributed by atoms with E-state index in [4.69, 9.17) is 5.53 Å². The molecule has 0 saturated heterocycles. The Bertz CT molecular complexity index is 718. The molecule has 102 valence electrons. The van der Waals surface area contributed by atoms with Gasteiger partial charge < -0.3 is 4.74 Å². The molecule has 0 radical (unpaired) electrons. The highest BCUT2D eigenvalue weighted by Gasteiger charge is 2.15. The number of carbonyl (C=O) groups is 1. The normalized spacial score (nSPS) is 10.4. The average Bonchev–Trinajstić information content (AvgIpc) is 2.46. The summed E-state index contributed by atoms with van der Waals surface area (Å²) < 4.78 is 4.69. The first-order valence-electron chi connectivity index (χ1n) is 6.14. The summed E-state index contributed by atoms with van der Waals surface area (Å²) in [6, 6.07) is 5.71. The first-order valence-corrected chi connectivity index (χ1v) is 6.14. The second-order valence-electron chi connectivity index (χ2n) is 4.63. The number of hydrogen-bond acceptors (Lipinski definition) is 4. The van der Waals surface area contributed by atoms with Crippen LogP contribution in [0.2, 0.25) is 0 Å². The molecule has 0 fully saturated rings. The molecule has 6 heteroatoms. The molecule has 0 unspecified atom stereocenters. The molecule has 0 bridgehead atoms. The number of fused-ring (bicyclic) bond motifs is 1. The molecule has 0 N–H and O–H groups in total. The van der Waals surface area contributed by atoms with E-state index < -0.39 is 5.97 Å². The van der Waals surface area contributed by atoms with E-state index in [0.29, 0.717) is 16.8 Å². The summed E-state index contributed by atoms with van der Waals surface area (Å²) in [5.74, 6) is -0.253. The number of hydrogen-bond donors (Lipinski definition) is 0. The van der Waals surface area contributed by atoms with Gasteiger partial charge in [-0.2, -0.15) is 0 Å². The molecule has 0 aliphatic carbocycles. The summed E-state index contributed by atoms with van der Waals surface area (Å²) in [5.41, 5.74) is 10.9. The number of esters is 1. The monoisotopic (exact) mass is 270 g/mol. The molecule has 2 rings (SSSR count). The van der Waals surface area contributed by atoms with Gasteiger partial charge in [0.2, 0.25) is 0 Å². The van der Waals surface area contributed by atoms with Crippen LogP contribution in [0, 0.1) is 0 Å². The van der Waals surface area contributed by atoms with Gasteiger partial charge in [0.25, 0.3) is 0 Å². The van der Waals surface area contributed by atoms with Crippen molar-refractivity contribution in [2.75, 3.05) is 7.11 Å². The van der Waals surface area contributed by atoms with Crippen molar-refractivity contribution in [3.8, 4) is 0 Å². The summed E-state index contributed by atoms with van der Waals surface area (Å²) in [6.45, 7) is 4.12. The molecule has 1 heterocycles. The summed E-state index contributed by atoms with van der Waals surface area (Å²) in [7, 11) is 1.27. The molecule has 0 spiro atoms. The van der Waals surface area contributed by atoms with E-state index in [1.54, 1.807) is 0 Å². The Hall–Kier alpha value is -2.59. The number of methoxy groups -OCH3 is 1. The number of rotatable bonds is 3. The number of benzene rings is 1. The Kier molecular flexibility index (Phi) is 3.86. The lowest BCUT2D eigenvalue weighted by atomic mass is 9.99. The second-order valence-corrected chi connectivity index (χ2v) is 4.63. The Balaban J connectivity index is 2.81. The fourth-order valence-corrected chi connectivity index (χ4v) is 1.97. The third-order valence-electron chi connectivity index (χ3n) is 3.08. The van der Waals surface area contributed by atoms with E-state index in [2.05, 4.69) is 33.6 Å². The lowest BCUT2D eigenvalue weighted by Crippen LogP contribution is -2.03. The highest BCUT2D eigenvalue weighted by atomic mass is 16.5. The van der Waals surface area contributed by atoms with Crippen molar-refractivity contribution in [2.24, 2.45) is 5.11 Å². The lowest BCUT2D eigenvalue weighted by molar-refractivity contribution is 0.0601. The second kappa shape index (κ2) is 5.59. The zero-order valence-corrected chi connectivity index (χ0v) is 11.5. The topological polar surface area (TPSA) is 88.0 Å². The minimum atomic E-state index is -0.572. The number of nitrogens with zero attached hydrogens (tertiary/aromatic N) is 4. The quantitative estimate of drug-likeness (QED) is 0.364. The molecule has 0 aliphatic heterocycles. The molecule has 0 aliphatic rings. The van der Waals surface area contributed by atoms with Crippen LogP contribution in [0.1, 0.15) is 35.7 Å². The smallest absolute Gasteiger partial charge is 0.339 e. The van der Waals surface area contributed by atoms with E-state index in [-0.39, 0.29) is 11.3 Å². The Morgan fingerprint density at radius 2 is 2.20 bits per heavy atom. The average molecular weight is 270 g/mol. The van der Waals surface area contributed by atoms with Crippen molar-refractivity contribution in [3.05, 3.63) is 46.0 Å². The molecule has 2 aromatic rings. The van der Waals surface area contributed by atoms with Crippen LogP contribution in [0.5, 0.6) is 0 Å². The summed E-state index contributed by atoms with van der Waals surface area (Å²) in [6.07, 6.45) is 1.37. The SMILES string of the molecule is COC(=O)c1cnc2ccc(C(C)C)cc2c1N=[N+]=[N-]. The zero-order valence-electron chi connectivity index (χ0n) is 11.5. The fourth-order valence-electron chi connectivity index (χ4n) is 1.97. The molecule has 0 atom stereocenters. The van der Waals surface area contributed by atoms with Crippen molar-refractivity contribution < 1.29 is 9.53 Å². The van der Waals surface area contributed by atoms with Crippen molar-refractivity contribution in [3.63, 3.8) is 0 Å². The molecular formula is C14H14N4O2.